The van der Waals surface area contributed by atoms with Gasteiger partial charge in [-0.25, -0.2) is 18.5 Å². The van der Waals surface area contributed by atoms with Crippen molar-refractivity contribution in [1.29, 1.82) is 0 Å². The summed E-state index contributed by atoms with van der Waals surface area (Å²) in [6.07, 6.45) is 0.369. The first-order valence-corrected chi connectivity index (χ1v) is 12.4. The van der Waals surface area contributed by atoms with Gasteiger partial charge in [-0.05, 0) is 12.8 Å². The number of aromatic amines is 1. The van der Waals surface area contributed by atoms with Gasteiger partial charge in [0.15, 0.2) is 6.29 Å². The van der Waals surface area contributed by atoms with Gasteiger partial charge in [0, 0.05) is 6.20 Å². The van der Waals surface area contributed by atoms with Crippen LogP contribution in [0.5, 0.6) is 0 Å². The molecule has 2 rings (SSSR count). The SMILES string of the molecule is O=Cc1cn([C@H]2CC[C@@H](COP(=O)(O)OP(=O)(O)OP(=O)(O)O)O2)c(=O)[nH]c1=S. The molecule has 1 aliphatic heterocycles. The quantitative estimate of drug-likeness (QED) is 0.181. The third kappa shape index (κ3) is 7.40. The smallest absolute Gasteiger partial charge is 0.352 e. The van der Waals surface area contributed by atoms with Gasteiger partial charge in [-0.15, -0.1) is 0 Å². The summed E-state index contributed by atoms with van der Waals surface area (Å²) in [7, 11) is -16.4. The highest BCUT2D eigenvalue weighted by molar-refractivity contribution is 7.71. The number of carbonyl (C=O) groups is 1. The molecule has 1 aromatic rings. The summed E-state index contributed by atoms with van der Waals surface area (Å²) < 4.78 is 51.6. The molecule has 4 atom stereocenters. The van der Waals surface area contributed by atoms with E-state index in [1.165, 1.54) is 6.20 Å². The Morgan fingerprint density at radius 3 is 2.45 bits per heavy atom. The highest BCUT2D eigenvalue weighted by Gasteiger charge is 2.41. The zero-order valence-electron chi connectivity index (χ0n) is 14.1. The average molecular weight is 496 g/mol. The van der Waals surface area contributed by atoms with Crippen molar-refractivity contribution in [3.63, 3.8) is 0 Å². The van der Waals surface area contributed by atoms with Crippen LogP contribution < -0.4 is 5.69 Å². The maximum atomic E-state index is 12.0. The first kappa shape index (κ1) is 24.4. The molecule has 1 fully saturated rings. The van der Waals surface area contributed by atoms with Crippen LogP contribution in [0.25, 0.3) is 0 Å². The van der Waals surface area contributed by atoms with Gasteiger partial charge in [-0.2, -0.15) is 8.62 Å². The molecule has 164 valence electrons. The van der Waals surface area contributed by atoms with E-state index in [0.29, 0.717) is 6.29 Å². The Morgan fingerprint density at radius 2 is 1.86 bits per heavy atom. The van der Waals surface area contributed by atoms with Gasteiger partial charge in [0.05, 0.1) is 18.3 Å². The first-order valence-electron chi connectivity index (χ1n) is 7.46. The summed E-state index contributed by atoms with van der Waals surface area (Å²) in [5.74, 6) is 0. The third-order valence-electron chi connectivity index (χ3n) is 3.36. The molecule has 0 amide bonds. The highest BCUT2D eigenvalue weighted by atomic mass is 32.1. The maximum absolute atomic E-state index is 12.0. The number of nitrogens with one attached hydrogen (secondary N) is 1. The van der Waals surface area contributed by atoms with E-state index in [9.17, 15) is 28.2 Å². The van der Waals surface area contributed by atoms with E-state index in [1.54, 1.807) is 0 Å². The summed E-state index contributed by atoms with van der Waals surface area (Å²) in [6, 6.07) is 0. The molecule has 0 radical (unpaired) electrons. The number of H-pyrrole nitrogens is 1. The molecule has 0 spiro atoms. The van der Waals surface area contributed by atoms with E-state index in [4.69, 9.17) is 31.6 Å². The van der Waals surface area contributed by atoms with Crippen LogP contribution in [0.1, 0.15) is 29.4 Å². The van der Waals surface area contributed by atoms with E-state index in [0.717, 1.165) is 4.57 Å². The normalized spacial score (nSPS) is 24.0. The van der Waals surface area contributed by atoms with Crippen LogP contribution in [0.15, 0.2) is 11.0 Å². The first-order chi connectivity index (χ1) is 13.2. The predicted molar refractivity (Wildman–Crippen MR) is 94.2 cm³/mol. The van der Waals surface area contributed by atoms with Crippen molar-refractivity contribution >= 4 is 42.0 Å². The van der Waals surface area contributed by atoms with Gasteiger partial charge in [0.1, 0.15) is 10.9 Å². The number of nitrogens with zero attached hydrogens (tertiary/aromatic N) is 1. The van der Waals surface area contributed by atoms with Crippen LogP contribution >= 0.6 is 35.7 Å². The lowest BCUT2D eigenvalue weighted by Gasteiger charge is -2.19. The summed E-state index contributed by atoms with van der Waals surface area (Å²) >= 11 is 4.82. The molecule has 0 aliphatic carbocycles. The molecular weight excluding hydrogens is 481 g/mol. The topological polar surface area (TPSA) is 224 Å². The van der Waals surface area contributed by atoms with Crippen molar-refractivity contribution in [2.75, 3.05) is 6.61 Å². The summed E-state index contributed by atoms with van der Waals surface area (Å²) in [6.45, 7) is -0.641. The number of aromatic nitrogens is 2. The highest BCUT2D eigenvalue weighted by Crippen LogP contribution is 2.66. The van der Waals surface area contributed by atoms with Crippen molar-refractivity contribution in [3.05, 3.63) is 26.9 Å². The number of rotatable bonds is 9. The molecule has 0 bridgehead atoms. The van der Waals surface area contributed by atoms with Crippen molar-refractivity contribution in [3.8, 4) is 0 Å². The molecule has 1 aliphatic rings. The number of ether oxygens (including phenoxy) is 1. The Labute approximate surface area is 166 Å². The predicted octanol–water partition coefficient (Wildman–Crippen LogP) is 0.739. The van der Waals surface area contributed by atoms with Gasteiger partial charge < -0.3 is 24.3 Å². The Balaban J connectivity index is 1.98. The molecule has 5 N–H and O–H groups in total. The van der Waals surface area contributed by atoms with Crippen molar-refractivity contribution in [1.82, 2.24) is 9.55 Å². The summed E-state index contributed by atoms with van der Waals surface area (Å²) in [5.41, 5.74) is -0.612. The summed E-state index contributed by atoms with van der Waals surface area (Å²) in [5, 5.41) is 0. The van der Waals surface area contributed by atoms with Gasteiger partial charge in [0.25, 0.3) is 0 Å². The molecule has 0 saturated carbocycles. The van der Waals surface area contributed by atoms with E-state index in [2.05, 4.69) is 18.1 Å². The Morgan fingerprint density at radius 1 is 1.21 bits per heavy atom. The number of hydrogen-bond acceptors (Lipinski definition) is 10. The van der Waals surface area contributed by atoms with Crippen LogP contribution in [0.3, 0.4) is 0 Å². The molecule has 15 nitrogen and oxygen atoms in total. The fourth-order valence-corrected chi connectivity index (χ4v) is 5.53. The Bertz CT molecular complexity index is 1030. The minimum absolute atomic E-state index is 0.0416. The van der Waals surface area contributed by atoms with E-state index < -0.39 is 48.1 Å². The van der Waals surface area contributed by atoms with Crippen LogP contribution in [0.4, 0.5) is 0 Å². The molecular formula is C10H15N2O13P3S. The molecule has 1 aromatic heterocycles. The number of hydrogen-bond donors (Lipinski definition) is 5. The lowest BCUT2D eigenvalue weighted by molar-refractivity contribution is -0.0243. The number of phosphoric ester groups is 1. The van der Waals surface area contributed by atoms with E-state index in [1.807, 2.05) is 0 Å². The number of phosphoric acid groups is 3. The lowest BCUT2D eigenvalue weighted by Crippen LogP contribution is -2.28. The average Bonchev–Trinajstić information content (AvgIpc) is 2.98. The number of carbonyl (C=O) groups excluding carboxylic acids is 1. The fourth-order valence-electron chi connectivity index (χ4n) is 2.29. The van der Waals surface area contributed by atoms with Crippen molar-refractivity contribution < 1.29 is 55.9 Å². The molecule has 2 heterocycles. The van der Waals surface area contributed by atoms with Crippen LogP contribution in [-0.4, -0.2) is 48.1 Å². The largest absolute Gasteiger partial charge is 0.490 e. The van der Waals surface area contributed by atoms with Crippen LogP contribution in [0, 0.1) is 4.64 Å². The van der Waals surface area contributed by atoms with Gasteiger partial charge in [-0.3, -0.25) is 18.9 Å². The van der Waals surface area contributed by atoms with Crippen molar-refractivity contribution in [2.45, 2.75) is 25.2 Å². The lowest BCUT2D eigenvalue weighted by atomic mass is 10.2. The maximum Gasteiger partial charge on any atom is 0.490 e. The zero-order valence-corrected chi connectivity index (χ0v) is 17.6. The van der Waals surface area contributed by atoms with Gasteiger partial charge in [-0.1, -0.05) is 12.2 Å². The molecule has 2 unspecified atom stereocenters. The second kappa shape index (κ2) is 9.10. The zero-order chi connectivity index (χ0) is 22.0. The van der Waals surface area contributed by atoms with Gasteiger partial charge >= 0.3 is 29.2 Å². The molecule has 0 aromatic carbocycles. The van der Waals surface area contributed by atoms with Crippen LogP contribution in [-0.2, 0) is 31.6 Å². The molecule has 19 heteroatoms. The second-order valence-electron chi connectivity index (χ2n) is 5.55. The van der Waals surface area contributed by atoms with E-state index >= 15 is 0 Å². The standard InChI is InChI=1S/C10H15N2O13P3S/c13-4-6-3-12(10(14)11-9(6)29)8-2-1-7(23-8)5-22-27(18,19)25-28(20,21)24-26(15,16)17/h3-4,7-8H,1-2,5H2,(H,18,19)(H,20,21)(H,11,14,29)(H2,15,16,17)/t7-,8+/m0/s1. The fraction of sp³-hybridized carbons (Fsp3) is 0.500. The third-order valence-corrected chi connectivity index (χ3v) is 7.50. The second-order valence-corrected chi connectivity index (χ2v) is 10.4. The van der Waals surface area contributed by atoms with E-state index in [-0.39, 0.29) is 23.0 Å². The summed E-state index contributed by atoms with van der Waals surface area (Å²) in [4.78, 5) is 60.6. The Hall–Kier alpha value is -0.860. The monoisotopic (exact) mass is 496 g/mol. The van der Waals surface area contributed by atoms with Crippen molar-refractivity contribution in [2.24, 2.45) is 0 Å². The minimum atomic E-state index is -5.61. The Kier molecular flexibility index (Phi) is 7.66. The molecule has 1 saturated heterocycles. The molecule has 29 heavy (non-hydrogen) atoms. The number of aldehydes is 1. The van der Waals surface area contributed by atoms with Gasteiger partial charge in [0.2, 0.25) is 0 Å². The van der Waals surface area contributed by atoms with Crippen LogP contribution in [0.2, 0.25) is 0 Å². The minimum Gasteiger partial charge on any atom is -0.352 e.